The predicted molar refractivity (Wildman–Crippen MR) is 58.3 cm³/mol. The van der Waals surface area contributed by atoms with Crippen molar-refractivity contribution in [2.75, 3.05) is 0 Å². The van der Waals surface area contributed by atoms with E-state index in [1.807, 2.05) is 0 Å². The lowest BCUT2D eigenvalue weighted by Crippen LogP contribution is -2.62. The highest BCUT2D eigenvalue weighted by Crippen LogP contribution is 2.44. The van der Waals surface area contributed by atoms with Gasteiger partial charge in [0.2, 0.25) is 0 Å². The number of carbonyl (C=O) groups is 1. The first-order valence-electron chi connectivity index (χ1n) is 5.80. The fourth-order valence-electron chi connectivity index (χ4n) is 1.44. The monoisotopic (exact) mass is 370 g/mol. The fraction of sp³-hybridized carbons (Fsp3) is 0.417. The van der Waals surface area contributed by atoms with Crippen molar-refractivity contribution >= 4 is 5.97 Å². The van der Waals surface area contributed by atoms with Crippen molar-refractivity contribution in [2.45, 2.75) is 30.7 Å². The van der Waals surface area contributed by atoms with Crippen LogP contribution in [0.25, 0.3) is 0 Å². The van der Waals surface area contributed by atoms with Gasteiger partial charge < -0.3 is 9.84 Å². The van der Waals surface area contributed by atoms with Crippen LogP contribution in [0.15, 0.2) is 24.3 Å². The summed E-state index contributed by atoms with van der Waals surface area (Å²) in [6.45, 7) is -1.20. The van der Waals surface area contributed by atoms with E-state index >= 15 is 0 Å². The quantitative estimate of drug-likeness (QED) is 0.653. The van der Waals surface area contributed by atoms with Crippen LogP contribution in [0.2, 0.25) is 0 Å². The minimum atomic E-state index is -6.40. The van der Waals surface area contributed by atoms with Crippen molar-refractivity contribution in [3.63, 3.8) is 0 Å². The van der Waals surface area contributed by atoms with E-state index < -0.39 is 42.3 Å². The molecule has 0 fully saturated rings. The van der Waals surface area contributed by atoms with Gasteiger partial charge >= 0.3 is 30.1 Å². The van der Waals surface area contributed by atoms with Crippen LogP contribution in [-0.2, 0) is 22.3 Å². The van der Waals surface area contributed by atoms with Crippen molar-refractivity contribution in [1.82, 2.24) is 0 Å². The molecule has 136 valence electrons. The Morgan fingerprint density at radius 3 is 1.62 bits per heavy atom. The van der Waals surface area contributed by atoms with E-state index in [1.165, 1.54) is 0 Å². The Morgan fingerprint density at radius 2 is 1.29 bits per heavy atom. The molecule has 0 atom stereocenters. The van der Waals surface area contributed by atoms with Gasteiger partial charge in [-0.1, -0.05) is 12.1 Å². The number of carbonyl (C=O) groups excluding carboxylic acids is 1. The van der Waals surface area contributed by atoms with Gasteiger partial charge in [-0.2, -0.15) is 39.5 Å². The standard InChI is InChI=1S/C12H7F9O3/c13-10(14,15)7-3-1-6(2-4-7)5-24-8(22)9(23,11(16,17)18)12(19,20)21/h1-4,23H,5H2. The number of alkyl halides is 9. The van der Waals surface area contributed by atoms with Crippen LogP contribution < -0.4 is 0 Å². The zero-order chi connectivity index (χ0) is 19.0. The normalized spacial score (nSPS) is 13.8. The molecule has 0 radical (unpaired) electrons. The molecular formula is C12H7F9O3. The van der Waals surface area contributed by atoms with E-state index in [0.717, 1.165) is 0 Å². The molecule has 0 unspecified atom stereocenters. The first kappa shape index (κ1) is 20.1. The second kappa shape index (κ2) is 6.15. The lowest BCUT2D eigenvalue weighted by Gasteiger charge is -2.29. The van der Waals surface area contributed by atoms with Gasteiger partial charge in [0.25, 0.3) is 0 Å². The number of esters is 1. The maximum Gasteiger partial charge on any atom is 0.437 e. The van der Waals surface area contributed by atoms with Crippen molar-refractivity contribution in [3.8, 4) is 0 Å². The summed E-state index contributed by atoms with van der Waals surface area (Å²) in [7, 11) is 0. The van der Waals surface area contributed by atoms with Gasteiger partial charge in [-0.15, -0.1) is 0 Å². The minimum Gasteiger partial charge on any atom is -0.458 e. The fourth-order valence-corrected chi connectivity index (χ4v) is 1.44. The van der Waals surface area contributed by atoms with Gasteiger partial charge in [0.15, 0.2) is 0 Å². The Balaban J connectivity index is 2.91. The molecule has 0 aromatic heterocycles. The highest BCUT2D eigenvalue weighted by molar-refractivity contribution is 5.81. The van der Waals surface area contributed by atoms with Gasteiger partial charge in [0.1, 0.15) is 6.61 Å². The number of hydrogen-bond donors (Lipinski definition) is 1. The third-order valence-corrected chi connectivity index (χ3v) is 2.77. The van der Waals surface area contributed by atoms with E-state index in [9.17, 15) is 44.3 Å². The van der Waals surface area contributed by atoms with E-state index in [0.29, 0.717) is 24.3 Å². The molecule has 1 aromatic carbocycles. The van der Waals surface area contributed by atoms with Crippen LogP contribution in [0.1, 0.15) is 11.1 Å². The number of hydrogen-bond acceptors (Lipinski definition) is 3. The SMILES string of the molecule is O=C(OCc1ccc(C(F)(F)F)cc1)C(O)(C(F)(F)F)C(F)(F)F. The lowest BCUT2D eigenvalue weighted by molar-refractivity contribution is -0.357. The van der Waals surface area contributed by atoms with E-state index in [-0.39, 0.29) is 5.56 Å². The van der Waals surface area contributed by atoms with Crippen LogP contribution in [0.3, 0.4) is 0 Å². The lowest BCUT2D eigenvalue weighted by atomic mass is 10.0. The minimum absolute atomic E-state index is 0.317. The molecule has 0 saturated heterocycles. The van der Waals surface area contributed by atoms with Crippen molar-refractivity contribution in [2.24, 2.45) is 0 Å². The van der Waals surface area contributed by atoms with Gasteiger partial charge in [-0.3, -0.25) is 0 Å². The average Bonchev–Trinajstić information content (AvgIpc) is 2.40. The molecule has 1 aromatic rings. The summed E-state index contributed by atoms with van der Waals surface area (Å²) in [5.74, 6) is -3.04. The molecule has 0 saturated carbocycles. The van der Waals surface area contributed by atoms with Gasteiger partial charge in [0, 0.05) is 0 Å². The number of benzene rings is 1. The highest BCUT2D eigenvalue weighted by Gasteiger charge is 2.76. The maximum atomic E-state index is 12.4. The first-order chi connectivity index (χ1) is 10.6. The van der Waals surface area contributed by atoms with Gasteiger partial charge in [-0.25, -0.2) is 4.79 Å². The Kier molecular flexibility index (Phi) is 5.14. The van der Waals surface area contributed by atoms with Gasteiger partial charge in [-0.05, 0) is 17.7 Å². The van der Waals surface area contributed by atoms with Crippen molar-refractivity contribution in [1.29, 1.82) is 0 Å². The molecule has 0 bridgehead atoms. The molecule has 1 rings (SSSR count). The van der Waals surface area contributed by atoms with Gasteiger partial charge in [0.05, 0.1) is 5.56 Å². The van der Waals surface area contributed by atoms with Crippen LogP contribution in [-0.4, -0.2) is 29.0 Å². The summed E-state index contributed by atoms with van der Waals surface area (Å²) < 4.78 is 115. The molecule has 0 aliphatic carbocycles. The molecule has 24 heavy (non-hydrogen) atoms. The second-order valence-corrected chi connectivity index (χ2v) is 4.48. The molecule has 1 N–H and O–H groups in total. The van der Waals surface area contributed by atoms with Crippen molar-refractivity contribution < 1.29 is 54.2 Å². The first-order valence-corrected chi connectivity index (χ1v) is 5.80. The predicted octanol–water partition coefficient (Wildman–Crippen LogP) is 3.60. The third-order valence-electron chi connectivity index (χ3n) is 2.77. The maximum absolute atomic E-state index is 12.4. The zero-order valence-electron chi connectivity index (χ0n) is 11.2. The Morgan fingerprint density at radius 1 is 0.875 bits per heavy atom. The topological polar surface area (TPSA) is 46.5 Å². The van der Waals surface area contributed by atoms with Crippen LogP contribution in [0.4, 0.5) is 39.5 Å². The third kappa shape index (κ3) is 3.91. The smallest absolute Gasteiger partial charge is 0.437 e. The van der Waals surface area contributed by atoms with Crippen LogP contribution >= 0.6 is 0 Å². The molecule has 0 heterocycles. The van der Waals surface area contributed by atoms with E-state index in [4.69, 9.17) is 5.11 Å². The van der Waals surface area contributed by atoms with E-state index in [2.05, 4.69) is 4.74 Å². The summed E-state index contributed by atoms with van der Waals surface area (Å²) >= 11 is 0. The van der Waals surface area contributed by atoms with Crippen molar-refractivity contribution in [3.05, 3.63) is 35.4 Å². The summed E-state index contributed by atoms with van der Waals surface area (Å²) in [5, 5.41) is 8.71. The van der Waals surface area contributed by atoms with E-state index in [1.54, 1.807) is 0 Å². The Labute approximate surface area is 127 Å². The number of rotatable bonds is 3. The average molecular weight is 370 g/mol. The number of halogens is 9. The molecule has 0 spiro atoms. The summed E-state index contributed by atoms with van der Waals surface area (Å²) in [6, 6.07) is 2.36. The molecule has 0 aliphatic rings. The molecular weight excluding hydrogens is 363 g/mol. The molecule has 0 amide bonds. The summed E-state index contributed by atoms with van der Waals surface area (Å²) in [4.78, 5) is 11.1. The Hall–Kier alpha value is -1.98. The summed E-state index contributed by atoms with van der Waals surface area (Å²) in [6.07, 6.45) is -17.5. The largest absolute Gasteiger partial charge is 0.458 e. The molecule has 0 aliphatic heterocycles. The highest BCUT2D eigenvalue weighted by atomic mass is 19.4. The summed E-state index contributed by atoms with van der Waals surface area (Å²) in [5.41, 5.74) is -7.19. The number of ether oxygens (including phenoxy) is 1. The molecule has 3 nitrogen and oxygen atoms in total. The molecule has 12 heteroatoms. The van der Waals surface area contributed by atoms with Crippen LogP contribution in [0, 0.1) is 0 Å². The number of aliphatic hydroxyl groups is 1. The Bertz CT molecular complexity index is 570. The van der Waals surface area contributed by atoms with Crippen LogP contribution in [0.5, 0.6) is 0 Å². The second-order valence-electron chi connectivity index (χ2n) is 4.48. The zero-order valence-corrected chi connectivity index (χ0v) is 11.2.